The molecule has 102 valence electrons. The molecule has 1 fully saturated rings. The van der Waals surface area contributed by atoms with Gasteiger partial charge < -0.3 is 14.8 Å². The number of carbonyl (C=O) groups excluding carboxylic acids is 1. The molecule has 2 unspecified atom stereocenters. The summed E-state index contributed by atoms with van der Waals surface area (Å²) in [5, 5.41) is 2.90. The van der Waals surface area contributed by atoms with Gasteiger partial charge in [-0.2, -0.15) is 0 Å². The van der Waals surface area contributed by atoms with Crippen molar-refractivity contribution in [2.75, 3.05) is 19.8 Å². The van der Waals surface area contributed by atoms with Crippen molar-refractivity contribution in [3.8, 4) is 0 Å². The number of carbonyl (C=O) groups is 1. The van der Waals surface area contributed by atoms with Crippen molar-refractivity contribution in [3.63, 3.8) is 0 Å². The van der Waals surface area contributed by atoms with E-state index >= 15 is 0 Å². The van der Waals surface area contributed by atoms with Crippen LogP contribution in [0.25, 0.3) is 0 Å². The zero-order valence-corrected chi connectivity index (χ0v) is 11.8. The van der Waals surface area contributed by atoms with Gasteiger partial charge in [0, 0.05) is 13.5 Å². The van der Waals surface area contributed by atoms with Gasteiger partial charge in [0.05, 0.1) is 25.4 Å². The van der Waals surface area contributed by atoms with E-state index in [-0.39, 0.29) is 18.1 Å². The highest BCUT2D eigenvalue weighted by atomic mass is 16.5. The van der Waals surface area contributed by atoms with E-state index in [4.69, 9.17) is 9.47 Å². The van der Waals surface area contributed by atoms with Crippen molar-refractivity contribution in [2.24, 2.45) is 5.92 Å². The minimum absolute atomic E-state index is 0.0000260. The molecule has 0 spiro atoms. The van der Waals surface area contributed by atoms with Gasteiger partial charge in [-0.15, -0.1) is 0 Å². The average Bonchev–Trinajstić information content (AvgIpc) is 2.79. The van der Waals surface area contributed by atoms with Crippen molar-refractivity contribution in [2.45, 2.75) is 53.2 Å². The predicted octanol–water partition coefficient (Wildman–Crippen LogP) is 1.98. The highest BCUT2D eigenvalue weighted by molar-refractivity contribution is 5.73. The minimum Gasteiger partial charge on any atom is -0.379 e. The van der Waals surface area contributed by atoms with Gasteiger partial charge in [-0.3, -0.25) is 4.79 Å². The Morgan fingerprint density at radius 2 is 2.12 bits per heavy atom. The van der Waals surface area contributed by atoms with Crippen LogP contribution in [0.3, 0.4) is 0 Å². The Morgan fingerprint density at radius 1 is 1.47 bits per heavy atom. The monoisotopic (exact) mass is 245 g/mol. The number of hydrogen-bond donors (Lipinski definition) is 1. The Morgan fingerprint density at radius 3 is 2.53 bits per heavy atom. The smallest absolute Gasteiger partial charge is 0.217 e. The molecule has 0 bridgehead atoms. The van der Waals surface area contributed by atoms with Crippen molar-refractivity contribution < 1.29 is 14.3 Å². The van der Waals surface area contributed by atoms with Gasteiger partial charge in [0.1, 0.15) is 0 Å². The number of nitrogens with one attached hydrogen (secondary N) is 1. The fourth-order valence-electron chi connectivity index (χ4n) is 1.55. The molecule has 0 aromatic rings. The molecule has 0 saturated carbocycles. The second-order valence-electron chi connectivity index (χ2n) is 4.37. The third kappa shape index (κ3) is 7.34. The zero-order valence-electron chi connectivity index (χ0n) is 11.8. The van der Waals surface area contributed by atoms with E-state index in [2.05, 4.69) is 19.2 Å². The van der Waals surface area contributed by atoms with Crippen LogP contribution >= 0.6 is 0 Å². The van der Waals surface area contributed by atoms with E-state index < -0.39 is 0 Å². The van der Waals surface area contributed by atoms with E-state index in [1.54, 1.807) is 0 Å². The molecule has 1 heterocycles. The molecular formula is C13H27NO3. The normalized spacial score (nSPS) is 20.7. The maximum absolute atomic E-state index is 11.0. The van der Waals surface area contributed by atoms with E-state index in [1.807, 2.05) is 13.8 Å². The lowest BCUT2D eigenvalue weighted by Gasteiger charge is -2.23. The van der Waals surface area contributed by atoms with E-state index in [0.717, 1.165) is 13.0 Å². The molecular weight excluding hydrogens is 218 g/mol. The third-order valence-electron chi connectivity index (χ3n) is 2.59. The van der Waals surface area contributed by atoms with Gasteiger partial charge in [0.25, 0.3) is 0 Å². The molecule has 1 aliphatic heterocycles. The highest BCUT2D eigenvalue weighted by Gasteiger charge is 2.20. The van der Waals surface area contributed by atoms with Crippen molar-refractivity contribution in [1.29, 1.82) is 0 Å². The topological polar surface area (TPSA) is 47.6 Å². The molecule has 4 nitrogen and oxygen atoms in total. The SMILES string of the molecule is CC.CC(=O)NC(COC1CCOC1)C(C)C. The maximum atomic E-state index is 11.0. The lowest BCUT2D eigenvalue weighted by Crippen LogP contribution is -2.41. The summed E-state index contributed by atoms with van der Waals surface area (Å²) >= 11 is 0. The summed E-state index contributed by atoms with van der Waals surface area (Å²) in [5.41, 5.74) is 0. The molecule has 0 aromatic heterocycles. The molecule has 1 saturated heterocycles. The fourth-order valence-corrected chi connectivity index (χ4v) is 1.55. The fraction of sp³-hybridized carbons (Fsp3) is 0.923. The van der Waals surface area contributed by atoms with Crippen LogP contribution in [-0.2, 0) is 14.3 Å². The molecule has 0 aromatic carbocycles. The van der Waals surface area contributed by atoms with E-state index in [1.165, 1.54) is 6.92 Å². The second kappa shape index (κ2) is 9.42. The quantitative estimate of drug-likeness (QED) is 0.805. The summed E-state index contributed by atoms with van der Waals surface area (Å²) in [7, 11) is 0. The van der Waals surface area contributed by atoms with Crippen LogP contribution in [0.1, 0.15) is 41.0 Å². The van der Waals surface area contributed by atoms with Crippen LogP contribution < -0.4 is 5.32 Å². The Hall–Kier alpha value is -0.610. The van der Waals surface area contributed by atoms with Crippen LogP contribution in [0.4, 0.5) is 0 Å². The largest absolute Gasteiger partial charge is 0.379 e. The second-order valence-corrected chi connectivity index (χ2v) is 4.37. The molecule has 0 aliphatic carbocycles. The van der Waals surface area contributed by atoms with Gasteiger partial charge in [-0.25, -0.2) is 0 Å². The highest BCUT2D eigenvalue weighted by Crippen LogP contribution is 2.10. The molecule has 1 N–H and O–H groups in total. The Bertz CT molecular complexity index is 201. The first-order chi connectivity index (χ1) is 8.09. The van der Waals surface area contributed by atoms with Crippen LogP contribution in [0.5, 0.6) is 0 Å². The van der Waals surface area contributed by atoms with Gasteiger partial charge in [0.15, 0.2) is 0 Å². The zero-order chi connectivity index (χ0) is 13.3. The molecule has 1 aliphatic rings. The lowest BCUT2D eigenvalue weighted by molar-refractivity contribution is -0.120. The Labute approximate surface area is 105 Å². The molecule has 1 amide bonds. The first kappa shape index (κ1) is 16.4. The molecule has 0 radical (unpaired) electrons. The van der Waals surface area contributed by atoms with Crippen LogP contribution in [-0.4, -0.2) is 37.9 Å². The first-order valence-electron chi connectivity index (χ1n) is 6.56. The summed E-state index contributed by atoms with van der Waals surface area (Å²) in [6.07, 6.45) is 1.17. The molecule has 17 heavy (non-hydrogen) atoms. The first-order valence-corrected chi connectivity index (χ1v) is 6.56. The summed E-state index contributed by atoms with van der Waals surface area (Å²) < 4.78 is 10.9. The number of rotatable bonds is 5. The third-order valence-corrected chi connectivity index (χ3v) is 2.59. The van der Waals surface area contributed by atoms with E-state index in [9.17, 15) is 4.79 Å². The van der Waals surface area contributed by atoms with E-state index in [0.29, 0.717) is 19.1 Å². The van der Waals surface area contributed by atoms with Gasteiger partial charge in [-0.1, -0.05) is 27.7 Å². The number of ether oxygens (including phenoxy) is 2. The van der Waals surface area contributed by atoms with Crippen molar-refractivity contribution in [1.82, 2.24) is 5.32 Å². The van der Waals surface area contributed by atoms with Crippen LogP contribution in [0.2, 0.25) is 0 Å². The lowest BCUT2D eigenvalue weighted by atomic mass is 10.1. The van der Waals surface area contributed by atoms with Crippen molar-refractivity contribution >= 4 is 5.91 Å². The summed E-state index contributed by atoms with van der Waals surface area (Å²) in [6.45, 7) is 11.7. The van der Waals surface area contributed by atoms with Gasteiger partial charge in [-0.05, 0) is 12.3 Å². The molecule has 4 heteroatoms. The van der Waals surface area contributed by atoms with Crippen molar-refractivity contribution in [3.05, 3.63) is 0 Å². The number of hydrogen-bond acceptors (Lipinski definition) is 3. The maximum Gasteiger partial charge on any atom is 0.217 e. The average molecular weight is 245 g/mol. The van der Waals surface area contributed by atoms with Crippen LogP contribution in [0, 0.1) is 5.92 Å². The standard InChI is InChI=1S/C11H21NO3.C2H6/c1-8(2)11(12-9(3)13)7-15-10-4-5-14-6-10;1-2/h8,10-11H,4-7H2,1-3H3,(H,12,13);1-2H3. The predicted molar refractivity (Wildman–Crippen MR) is 69.0 cm³/mol. The summed E-state index contributed by atoms with van der Waals surface area (Å²) in [6, 6.07) is 0.100. The van der Waals surface area contributed by atoms with Gasteiger partial charge >= 0.3 is 0 Å². The summed E-state index contributed by atoms with van der Waals surface area (Å²) in [5.74, 6) is 0.385. The van der Waals surface area contributed by atoms with Crippen LogP contribution in [0.15, 0.2) is 0 Å². The minimum atomic E-state index is -0.0000260. The molecule has 2 atom stereocenters. The number of amides is 1. The Kier molecular flexibility index (Phi) is 9.09. The summed E-state index contributed by atoms with van der Waals surface area (Å²) in [4.78, 5) is 11.0. The molecule has 1 rings (SSSR count). The van der Waals surface area contributed by atoms with Gasteiger partial charge in [0.2, 0.25) is 5.91 Å². The Balaban J connectivity index is 0.00000121.